The van der Waals surface area contributed by atoms with E-state index >= 15 is 0 Å². The molecule has 1 unspecified atom stereocenters. The number of rotatable bonds is 3. The van der Waals surface area contributed by atoms with Crippen molar-refractivity contribution in [1.29, 1.82) is 0 Å². The van der Waals surface area contributed by atoms with Gasteiger partial charge in [0.1, 0.15) is 0 Å². The van der Waals surface area contributed by atoms with E-state index in [1.807, 2.05) is 0 Å². The van der Waals surface area contributed by atoms with Gasteiger partial charge in [-0.25, -0.2) is 4.79 Å². The summed E-state index contributed by atoms with van der Waals surface area (Å²) in [7, 11) is 0. The van der Waals surface area contributed by atoms with Crippen LogP contribution in [-0.2, 0) is 9.59 Å². The summed E-state index contributed by atoms with van der Waals surface area (Å²) in [5.41, 5.74) is 0. The standard InChI is InChI=1S/C4H6O5.In/c5-2(4(8)9)1-3(6)7;/h2,5H,1H2,(H,6,7)(H,8,9);. The molecular weight excluding hydrogens is 243 g/mol. The number of aliphatic hydroxyl groups excluding tert-OH is 1. The molecule has 0 amide bonds. The van der Waals surface area contributed by atoms with Crippen LogP contribution in [0.1, 0.15) is 6.42 Å². The molecule has 0 rings (SSSR count). The number of carbonyl (C=O) groups is 2. The van der Waals surface area contributed by atoms with Gasteiger partial charge in [0.05, 0.1) is 6.42 Å². The molecule has 0 aliphatic heterocycles. The quantitative estimate of drug-likeness (QED) is 0.567. The molecule has 5 nitrogen and oxygen atoms in total. The molecule has 0 aromatic carbocycles. The van der Waals surface area contributed by atoms with Crippen molar-refractivity contribution in [1.82, 2.24) is 0 Å². The van der Waals surface area contributed by atoms with E-state index in [4.69, 9.17) is 15.3 Å². The molecule has 3 radical (unpaired) electrons. The minimum atomic E-state index is -1.79. The van der Waals surface area contributed by atoms with Crippen molar-refractivity contribution < 1.29 is 24.9 Å². The van der Waals surface area contributed by atoms with Crippen LogP contribution in [0.3, 0.4) is 0 Å². The summed E-state index contributed by atoms with van der Waals surface area (Å²) in [6.45, 7) is 0. The second-order valence-corrected chi connectivity index (χ2v) is 1.45. The predicted molar refractivity (Wildman–Crippen MR) is 31.6 cm³/mol. The maximum Gasteiger partial charge on any atom is 0.333 e. The minimum Gasteiger partial charge on any atom is -0.481 e. The van der Waals surface area contributed by atoms with Crippen molar-refractivity contribution in [3.63, 3.8) is 0 Å². The number of hydrogen-bond acceptors (Lipinski definition) is 3. The molecule has 0 aromatic heterocycles. The number of aliphatic carboxylic acids is 2. The van der Waals surface area contributed by atoms with E-state index in [1.165, 1.54) is 0 Å². The maximum atomic E-state index is 9.72. The molecular formula is C4H6InO5. The van der Waals surface area contributed by atoms with Crippen LogP contribution in [0.2, 0.25) is 0 Å². The van der Waals surface area contributed by atoms with Crippen LogP contribution in [0.5, 0.6) is 0 Å². The molecule has 1 atom stereocenters. The van der Waals surface area contributed by atoms with Gasteiger partial charge in [-0.1, -0.05) is 0 Å². The van der Waals surface area contributed by atoms with Gasteiger partial charge in [0.2, 0.25) is 0 Å². The molecule has 0 saturated carbocycles. The smallest absolute Gasteiger partial charge is 0.333 e. The van der Waals surface area contributed by atoms with E-state index in [9.17, 15) is 9.59 Å². The van der Waals surface area contributed by atoms with Crippen LogP contribution in [0.25, 0.3) is 0 Å². The molecule has 55 valence electrons. The molecule has 0 aromatic rings. The molecule has 0 bridgehead atoms. The van der Waals surface area contributed by atoms with Crippen molar-refractivity contribution in [2.24, 2.45) is 0 Å². The first-order valence-corrected chi connectivity index (χ1v) is 2.16. The number of aliphatic hydroxyl groups is 1. The average Bonchev–Trinajstić information content (AvgIpc) is 1.63. The van der Waals surface area contributed by atoms with Crippen molar-refractivity contribution in [3.8, 4) is 0 Å². The van der Waals surface area contributed by atoms with Gasteiger partial charge in [-0.15, -0.1) is 0 Å². The molecule has 6 heteroatoms. The van der Waals surface area contributed by atoms with E-state index in [1.54, 1.807) is 0 Å². The number of carboxylic acids is 2. The SMILES string of the molecule is O=C(O)CC(O)C(=O)O.[In]. The molecule has 0 aliphatic carbocycles. The third-order valence-corrected chi connectivity index (χ3v) is 0.653. The topological polar surface area (TPSA) is 94.8 Å². The summed E-state index contributed by atoms with van der Waals surface area (Å²) in [6, 6.07) is 0. The number of hydrogen-bond donors (Lipinski definition) is 3. The molecule has 0 saturated heterocycles. The Bertz CT molecular complexity index is 134. The van der Waals surface area contributed by atoms with E-state index in [2.05, 4.69) is 0 Å². The van der Waals surface area contributed by atoms with Crippen molar-refractivity contribution in [2.75, 3.05) is 0 Å². The van der Waals surface area contributed by atoms with Crippen LogP contribution in [0.15, 0.2) is 0 Å². The molecule has 3 N–H and O–H groups in total. The monoisotopic (exact) mass is 249 g/mol. The summed E-state index contributed by atoms with van der Waals surface area (Å²) < 4.78 is 0. The number of carboxylic acid groups (broad SMARTS) is 2. The summed E-state index contributed by atoms with van der Waals surface area (Å²) in [6.07, 6.45) is -2.54. The van der Waals surface area contributed by atoms with Gasteiger partial charge in [0.15, 0.2) is 6.10 Å². The second-order valence-electron chi connectivity index (χ2n) is 1.45. The van der Waals surface area contributed by atoms with Gasteiger partial charge >= 0.3 is 11.9 Å². The summed E-state index contributed by atoms with van der Waals surface area (Å²) in [4.78, 5) is 19.4. The van der Waals surface area contributed by atoms with Crippen LogP contribution in [-0.4, -0.2) is 59.2 Å². The Morgan fingerprint density at radius 1 is 1.30 bits per heavy atom. The summed E-state index contributed by atoms with van der Waals surface area (Å²) in [5, 5.41) is 24.1. The third kappa shape index (κ3) is 5.90. The van der Waals surface area contributed by atoms with Crippen LogP contribution < -0.4 is 0 Å². The van der Waals surface area contributed by atoms with E-state index in [-0.39, 0.29) is 25.8 Å². The zero-order chi connectivity index (χ0) is 7.44. The van der Waals surface area contributed by atoms with E-state index in [0.717, 1.165) is 0 Å². The predicted octanol–water partition coefficient (Wildman–Crippen LogP) is -1.47. The Kier molecular flexibility index (Phi) is 6.90. The summed E-state index contributed by atoms with van der Waals surface area (Å²) in [5.74, 6) is -2.85. The first kappa shape index (κ1) is 12.4. The first-order chi connectivity index (χ1) is 4.04. The minimum absolute atomic E-state index is 0. The first-order valence-electron chi connectivity index (χ1n) is 2.16. The Morgan fingerprint density at radius 2 is 1.70 bits per heavy atom. The van der Waals surface area contributed by atoms with Crippen molar-refractivity contribution in [3.05, 3.63) is 0 Å². The maximum absolute atomic E-state index is 9.72. The fraction of sp³-hybridized carbons (Fsp3) is 0.500. The van der Waals surface area contributed by atoms with Gasteiger partial charge in [0.25, 0.3) is 0 Å². The fourth-order valence-corrected chi connectivity index (χ4v) is 0.253. The molecule has 0 heterocycles. The molecule has 0 fully saturated rings. The summed E-state index contributed by atoms with van der Waals surface area (Å²) >= 11 is 0. The Morgan fingerprint density at radius 3 is 1.80 bits per heavy atom. The zero-order valence-corrected chi connectivity index (χ0v) is 8.32. The largest absolute Gasteiger partial charge is 0.481 e. The zero-order valence-electron chi connectivity index (χ0n) is 5.02. The van der Waals surface area contributed by atoms with Gasteiger partial charge in [-0.3, -0.25) is 4.79 Å². The molecule has 0 spiro atoms. The Balaban J connectivity index is 0. The molecule has 0 aliphatic rings. The third-order valence-electron chi connectivity index (χ3n) is 0.653. The van der Waals surface area contributed by atoms with Crippen molar-refractivity contribution in [2.45, 2.75) is 12.5 Å². The van der Waals surface area contributed by atoms with Gasteiger partial charge in [-0.2, -0.15) is 0 Å². The fourth-order valence-electron chi connectivity index (χ4n) is 0.253. The van der Waals surface area contributed by atoms with Gasteiger partial charge in [-0.05, 0) is 0 Å². The molecule has 10 heavy (non-hydrogen) atoms. The van der Waals surface area contributed by atoms with E-state index < -0.39 is 24.5 Å². The Labute approximate surface area is 75.4 Å². The second kappa shape index (κ2) is 5.55. The normalized spacial score (nSPS) is 11.3. The van der Waals surface area contributed by atoms with Gasteiger partial charge < -0.3 is 15.3 Å². The van der Waals surface area contributed by atoms with E-state index in [0.29, 0.717) is 0 Å². The van der Waals surface area contributed by atoms with Crippen LogP contribution >= 0.6 is 0 Å². The van der Waals surface area contributed by atoms with Crippen molar-refractivity contribution >= 4 is 37.8 Å². The Hall–Kier alpha value is -0.230. The van der Waals surface area contributed by atoms with Crippen LogP contribution in [0, 0.1) is 0 Å². The van der Waals surface area contributed by atoms with Crippen LogP contribution in [0.4, 0.5) is 0 Å². The van der Waals surface area contributed by atoms with Gasteiger partial charge in [0, 0.05) is 25.8 Å². The average molecular weight is 249 g/mol.